The van der Waals surface area contributed by atoms with Gasteiger partial charge in [0.2, 0.25) is 0 Å². The molecule has 0 aliphatic heterocycles. The third-order valence-corrected chi connectivity index (χ3v) is 2.78. The maximum atomic E-state index is 13.4. The van der Waals surface area contributed by atoms with Crippen LogP contribution in [0.4, 0.5) is 4.39 Å². The van der Waals surface area contributed by atoms with Gasteiger partial charge in [0.05, 0.1) is 0 Å². The third kappa shape index (κ3) is 4.31. The highest BCUT2D eigenvalue weighted by atomic mass is 19.1. The summed E-state index contributed by atoms with van der Waals surface area (Å²) in [5, 5.41) is 3.36. The normalized spacial score (nSPS) is 13.1. The van der Waals surface area contributed by atoms with E-state index in [1.54, 1.807) is 6.07 Å². The summed E-state index contributed by atoms with van der Waals surface area (Å²) >= 11 is 0. The van der Waals surface area contributed by atoms with Crippen molar-refractivity contribution in [2.45, 2.75) is 39.7 Å². The Hall–Kier alpha value is -0.890. The Labute approximate surface area is 98.1 Å². The molecule has 2 heteroatoms. The molecule has 1 atom stereocenters. The summed E-state index contributed by atoms with van der Waals surface area (Å²) in [5.41, 5.74) is 0.757. The highest BCUT2D eigenvalue weighted by molar-refractivity contribution is 5.20. The minimum atomic E-state index is -0.119. The lowest BCUT2D eigenvalue weighted by Gasteiger charge is -2.15. The molecule has 0 fully saturated rings. The molecule has 0 amide bonds. The number of halogens is 1. The summed E-state index contributed by atoms with van der Waals surface area (Å²) in [6, 6.07) is 7.06. The zero-order valence-corrected chi connectivity index (χ0v) is 10.5. The maximum Gasteiger partial charge on any atom is 0.127 e. The average molecular weight is 223 g/mol. The van der Waals surface area contributed by atoms with Gasteiger partial charge >= 0.3 is 0 Å². The molecule has 0 saturated heterocycles. The van der Waals surface area contributed by atoms with Gasteiger partial charge in [0.1, 0.15) is 5.82 Å². The van der Waals surface area contributed by atoms with Crippen molar-refractivity contribution in [3.05, 3.63) is 35.6 Å². The van der Waals surface area contributed by atoms with Crippen LogP contribution in [0.2, 0.25) is 0 Å². The Kier molecular flexibility index (Phi) is 5.47. The van der Waals surface area contributed by atoms with E-state index in [0.717, 1.165) is 24.4 Å². The van der Waals surface area contributed by atoms with Gasteiger partial charge in [-0.2, -0.15) is 0 Å². The molecule has 0 aliphatic rings. The largest absolute Gasteiger partial charge is 0.310 e. The van der Waals surface area contributed by atoms with Crippen LogP contribution < -0.4 is 5.32 Å². The van der Waals surface area contributed by atoms with Gasteiger partial charge in [-0.15, -0.1) is 0 Å². The van der Waals surface area contributed by atoms with Gasteiger partial charge in [-0.1, -0.05) is 32.0 Å². The molecule has 0 aliphatic carbocycles. The van der Waals surface area contributed by atoms with Crippen molar-refractivity contribution in [2.24, 2.45) is 5.92 Å². The minimum Gasteiger partial charge on any atom is -0.310 e. The van der Waals surface area contributed by atoms with Crippen molar-refractivity contribution in [2.75, 3.05) is 6.54 Å². The molecule has 0 bridgehead atoms. The molecule has 1 rings (SSSR count). The average Bonchev–Trinajstić information content (AvgIpc) is 2.24. The summed E-state index contributed by atoms with van der Waals surface area (Å²) in [6.07, 6.45) is 2.37. The van der Waals surface area contributed by atoms with Gasteiger partial charge in [0.25, 0.3) is 0 Å². The second kappa shape index (κ2) is 6.64. The van der Waals surface area contributed by atoms with Crippen molar-refractivity contribution in [1.82, 2.24) is 5.32 Å². The standard InChI is InChI=1S/C14H22FN/c1-11(2)7-6-10-16-12(3)13-8-4-5-9-14(13)15/h4-5,8-9,11-12,16H,6-7,10H2,1-3H3. The molecule has 1 aromatic rings. The van der Waals surface area contributed by atoms with Gasteiger partial charge < -0.3 is 5.32 Å². The summed E-state index contributed by atoms with van der Waals surface area (Å²) in [4.78, 5) is 0. The van der Waals surface area contributed by atoms with E-state index in [4.69, 9.17) is 0 Å². The van der Waals surface area contributed by atoms with Crippen molar-refractivity contribution >= 4 is 0 Å². The molecule has 0 radical (unpaired) electrons. The lowest BCUT2D eigenvalue weighted by molar-refractivity contribution is 0.484. The molecular weight excluding hydrogens is 201 g/mol. The Balaban J connectivity index is 2.35. The van der Waals surface area contributed by atoms with E-state index in [1.165, 1.54) is 12.5 Å². The lowest BCUT2D eigenvalue weighted by atomic mass is 10.1. The number of benzene rings is 1. The molecule has 1 aromatic carbocycles. The topological polar surface area (TPSA) is 12.0 Å². The van der Waals surface area contributed by atoms with Crippen molar-refractivity contribution in [1.29, 1.82) is 0 Å². The van der Waals surface area contributed by atoms with E-state index in [1.807, 2.05) is 19.1 Å². The van der Waals surface area contributed by atoms with E-state index in [9.17, 15) is 4.39 Å². The van der Waals surface area contributed by atoms with Gasteiger partial charge in [-0.3, -0.25) is 0 Å². The van der Waals surface area contributed by atoms with Crippen LogP contribution in [0.5, 0.6) is 0 Å². The molecule has 0 aromatic heterocycles. The van der Waals surface area contributed by atoms with Crippen molar-refractivity contribution in [3.63, 3.8) is 0 Å². The monoisotopic (exact) mass is 223 g/mol. The summed E-state index contributed by atoms with van der Waals surface area (Å²) < 4.78 is 13.4. The summed E-state index contributed by atoms with van der Waals surface area (Å²) in [6.45, 7) is 7.40. The van der Waals surface area contributed by atoms with Crippen LogP contribution in [-0.4, -0.2) is 6.54 Å². The molecule has 1 unspecified atom stereocenters. The van der Waals surface area contributed by atoms with Crippen molar-refractivity contribution < 1.29 is 4.39 Å². The van der Waals surface area contributed by atoms with Crippen LogP contribution in [0.1, 0.15) is 45.2 Å². The van der Waals surface area contributed by atoms with Crippen LogP contribution in [0, 0.1) is 11.7 Å². The smallest absolute Gasteiger partial charge is 0.127 e. The molecule has 0 spiro atoms. The highest BCUT2D eigenvalue weighted by Crippen LogP contribution is 2.16. The number of rotatable bonds is 6. The fourth-order valence-corrected chi connectivity index (χ4v) is 1.77. The first-order chi connectivity index (χ1) is 7.61. The number of hydrogen-bond donors (Lipinski definition) is 1. The second-order valence-electron chi connectivity index (χ2n) is 4.73. The predicted octanol–water partition coefficient (Wildman–Crippen LogP) is 3.91. The Bertz CT molecular complexity index is 309. The fourth-order valence-electron chi connectivity index (χ4n) is 1.77. The SMILES string of the molecule is CC(C)CCCNC(C)c1ccccc1F. The lowest BCUT2D eigenvalue weighted by Crippen LogP contribution is -2.21. The van der Waals surface area contributed by atoms with Gasteiger partial charge in [0.15, 0.2) is 0 Å². The van der Waals surface area contributed by atoms with Crippen LogP contribution >= 0.6 is 0 Å². The predicted molar refractivity (Wildman–Crippen MR) is 66.9 cm³/mol. The minimum absolute atomic E-state index is 0.0911. The first-order valence-corrected chi connectivity index (χ1v) is 6.09. The fraction of sp³-hybridized carbons (Fsp3) is 0.571. The van der Waals surface area contributed by atoms with Crippen LogP contribution in [0.15, 0.2) is 24.3 Å². The maximum absolute atomic E-state index is 13.4. The number of nitrogens with one attached hydrogen (secondary N) is 1. The van der Waals surface area contributed by atoms with Crippen LogP contribution in [0.25, 0.3) is 0 Å². The Morgan fingerprint density at radius 1 is 1.19 bits per heavy atom. The van der Waals surface area contributed by atoms with E-state index in [2.05, 4.69) is 19.2 Å². The first-order valence-electron chi connectivity index (χ1n) is 6.09. The summed E-state index contributed by atoms with van der Waals surface area (Å²) in [5.74, 6) is 0.622. The van der Waals surface area contributed by atoms with Crippen LogP contribution in [-0.2, 0) is 0 Å². The molecule has 1 nitrogen and oxygen atoms in total. The molecular formula is C14H22FN. The molecule has 1 N–H and O–H groups in total. The van der Waals surface area contributed by atoms with Crippen LogP contribution in [0.3, 0.4) is 0 Å². The molecule has 16 heavy (non-hydrogen) atoms. The zero-order chi connectivity index (χ0) is 12.0. The Morgan fingerprint density at radius 2 is 1.88 bits per heavy atom. The quantitative estimate of drug-likeness (QED) is 0.721. The molecule has 0 saturated carbocycles. The van der Waals surface area contributed by atoms with E-state index >= 15 is 0 Å². The number of hydrogen-bond acceptors (Lipinski definition) is 1. The third-order valence-electron chi connectivity index (χ3n) is 2.78. The van der Waals surface area contributed by atoms with Crippen molar-refractivity contribution in [3.8, 4) is 0 Å². The molecule has 0 heterocycles. The van der Waals surface area contributed by atoms with Gasteiger partial charge in [-0.05, 0) is 38.3 Å². The second-order valence-corrected chi connectivity index (χ2v) is 4.73. The summed E-state index contributed by atoms with van der Waals surface area (Å²) in [7, 11) is 0. The van der Waals surface area contributed by atoms with E-state index in [0.29, 0.717) is 0 Å². The highest BCUT2D eigenvalue weighted by Gasteiger charge is 2.08. The van der Waals surface area contributed by atoms with Gasteiger partial charge in [-0.25, -0.2) is 4.39 Å². The first kappa shape index (κ1) is 13.2. The van der Waals surface area contributed by atoms with Gasteiger partial charge in [0, 0.05) is 11.6 Å². The van der Waals surface area contributed by atoms with E-state index < -0.39 is 0 Å². The molecule has 90 valence electrons. The van der Waals surface area contributed by atoms with E-state index in [-0.39, 0.29) is 11.9 Å². The zero-order valence-electron chi connectivity index (χ0n) is 10.5. The Morgan fingerprint density at radius 3 is 2.50 bits per heavy atom.